The predicted molar refractivity (Wildman–Crippen MR) is 64.3 cm³/mol. The first-order valence-electron chi connectivity index (χ1n) is 5.83. The summed E-state index contributed by atoms with van der Waals surface area (Å²) in [6, 6.07) is 0. The van der Waals surface area contributed by atoms with Gasteiger partial charge in [0.15, 0.2) is 0 Å². The van der Waals surface area contributed by atoms with E-state index < -0.39 is 0 Å². The summed E-state index contributed by atoms with van der Waals surface area (Å²) < 4.78 is 0. The summed E-state index contributed by atoms with van der Waals surface area (Å²) in [6.45, 7) is 9.38. The van der Waals surface area contributed by atoms with Gasteiger partial charge in [0.2, 0.25) is 0 Å². The van der Waals surface area contributed by atoms with Crippen LogP contribution in [0.3, 0.4) is 0 Å². The molecule has 15 heavy (non-hydrogen) atoms. The van der Waals surface area contributed by atoms with Crippen molar-refractivity contribution in [3.8, 4) is 0 Å². The highest BCUT2D eigenvalue weighted by Crippen LogP contribution is 2.16. The number of aromatic nitrogens is 2. The maximum absolute atomic E-state index is 4.57. The first-order chi connectivity index (χ1) is 7.22. The van der Waals surface area contributed by atoms with Crippen LogP contribution in [0.1, 0.15) is 44.3 Å². The fraction of sp³-hybridized carbons (Fsp3) is 0.667. The van der Waals surface area contributed by atoms with Gasteiger partial charge in [-0.15, -0.1) is 0 Å². The Morgan fingerprint density at radius 2 is 1.87 bits per heavy atom. The third kappa shape index (κ3) is 2.91. The van der Waals surface area contributed by atoms with Crippen LogP contribution < -0.4 is 5.32 Å². The van der Waals surface area contributed by atoms with Gasteiger partial charge >= 0.3 is 0 Å². The summed E-state index contributed by atoms with van der Waals surface area (Å²) in [5.74, 6) is 1.98. The van der Waals surface area contributed by atoms with Crippen LogP contribution >= 0.6 is 0 Å². The number of aryl methyl sites for hydroxylation is 2. The quantitative estimate of drug-likeness (QED) is 0.806. The second kappa shape index (κ2) is 5.69. The Morgan fingerprint density at radius 1 is 1.13 bits per heavy atom. The Kier molecular flexibility index (Phi) is 4.53. The highest BCUT2D eigenvalue weighted by atomic mass is 15.0. The first-order valence-corrected chi connectivity index (χ1v) is 5.83. The van der Waals surface area contributed by atoms with Crippen molar-refractivity contribution in [3.05, 3.63) is 17.1 Å². The van der Waals surface area contributed by atoms with E-state index in [1.165, 1.54) is 11.3 Å². The van der Waals surface area contributed by atoms with Crippen molar-refractivity contribution in [2.75, 3.05) is 11.9 Å². The molecule has 3 heteroatoms. The molecule has 1 aromatic heterocycles. The highest BCUT2D eigenvalue weighted by Gasteiger charge is 2.08. The van der Waals surface area contributed by atoms with E-state index in [9.17, 15) is 0 Å². The van der Waals surface area contributed by atoms with Crippen molar-refractivity contribution in [1.29, 1.82) is 0 Å². The molecule has 0 aliphatic rings. The zero-order valence-corrected chi connectivity index (χ0v) is 10.2. The van der Waals surface area contributed by atoms with Gasteiger partial charge in [0, 0.05) is 24.2 Å². The topological polar surface area (TPSA) is 37.8 Å². The Balaban J connectivity index is 3.07. The number of rotatable bonds is 5. The van der Waals surface area contributed by atoms with E-state index in [0.29, 0.717) is 0 Å². The Hall–Kier alpha value is -1.12. The second-order valence-electron chi connectivity index (χ2n) is 3.69. The Labute approximate surface area is 92.3 Å². The van der Waals surface area contributed by atoms with Crippen molar-refractivity contribution in [3.63, 3.8) is 0 Å². The molecule has 0 bridgehead atoms. The van der Waals surface area contributed by atoms with Crippen LogP contribution in [0.5, 0.6) is 0 Å². The molecule has 0 spiro atoms. The van der Waals surface area contributed by atoms with Gasteiger partial charge in [-0.1, -0.05) is 13.8 Å². The summed E-state index contributed by atoms with van der Waals surface area (Å²) in [5.41, 5.74) is 2.36. The van der Waals surface area contributed by atoms with E-state index >= 15 is 0 Å². The molecule has 0 atom stereocenters. The van der Waals surface area contributed by atoms with E-state index in [4.69, 9.17) is 0 Å². The molecule has 0 aliphatic heterocycles. The molecule has 0 fully saturated rings. The van der Waals surface area contributed by atoms with Gasteiger partial charge in [0.05, 0.1) is 0 Å². The Bertz CT molecular complexity index is 321. The summed E-state index contributed by atoms with van der Waals surface area (Å²) in [6.07, 6.45) is 3.03. The van der Waals surface area contributed by atoms with E-state index in [1.807, 2.05) is 0 Å². The second-order valence-corrected chi connectivity index (χ2v) is 3.69. The molecule has 0 aromatic carbocycles. The standard InChI is InChI=1S/C12H21N3/c1-5-8-11-14-10(6-2)9(4)12(15-11)13-7-3/h5-8H2,1-4H3,(H,13,14,15). The van der Waals surface area contributed by atoms with Crippen molar-refractivity contribution in [2.45, 2.75) is 47.0 Å². The van der Waals surface area contributed by atoms with Gasteiger partial charge in [-0.25, -0.2) is 9.97 Å². The molecule has 1 heterocycles. The van der Waals surface area contributed by atoms with Gasteiger partial charge in [-0.2, -0.15) is 0 Å². The van der Waals surface area contributed by atoms with E-state index in [2.05, 4.69) is 43.0 Å². The molecule has 0 unspecified atom stereocenters. The zero-order chi connectivity index (χ0) is 11.3. The predicted octanol–water partition coefficient (Wildman–Crippen LogP) is 2.73. The third-order valence-corrected chi connectivity index (χ3v) is 2.45. The van der Waals surface area contributed by atoms with Crippen LogP contribution in [-0.4, -0.2) is 16.5 Å². The Morgan fingerprint density at radius 3 is 2.40 bits per heavy atom. The SMILES string of the molecule is CCCc1nc(CC)c(C)c(NCC)n1. The molecular weight excluding hydrogens is 186 g/mol. The van der Waals surface area contributed by atoms with Crippen LogP contribution in [0.2, 0.25) is 0 Å². The minimum Gasteiger partial charge on any atom is -0.370 e. The van der Waals surface area contributed by atoms with Crippen molar-refractivity contribution in [2.24, 2.45) is 0 Å². The summed E-state index contributed by atoms with van der Waals surface area (Å²) >= 11 is 0. The zero-order valence-electron chi connectivity index (χ0n) is 10.2. The fourth-order valence-electron chi connectivity index (χ4n) is 1.63. The molecule has 0 saturated heterocycles. The maximum Gasteiger partial charge on any atom is 0.132 e. The van der Waals surface area contributed by atoms with Gasteiger partial charge < -0.3 is 5.32 Å². The lowest BCUT2D eigenvalue weighted by Gasteiger charge is -2.11. The summed E-state index contributed by atoms with van der Waals surface area (Å²) in [5, 5.41) is 3.30. The molecule has 3 nitrogen and oxygen atoms in total. The van der Waals surface area contributed by atoms with Crippen LogP contribution in [0.4, 0.5) is 5.82 Å². The van der Waals surface area contributed by atoms with Gasteiger partial charge in [-0.3, -0.25) is 0 Å². The lowest BCUT2D eigenvalue weighted by atomic mass is 10.2. The summed E-state index contributed by atoms with van der Waals surface area (Å²) in [4.78, 5) is 9.11. The third-order valence-electron chi connectivity index (χ3n) is 2.45. The molecule has 1 rings (SSSR count). The monoisotopic (exact) mass is 207 g/mol. The smallest absolute Gasteiger partial charge is 0.132 e. The number of nitrogens with one attached hydrogen (secondary N) is 1. The van der Waals surface area contributed by atoms with Crippen LogP contribution in [0.15, 0.2) is 0 Å². The maximum atomic E-state index is 4.57. The number of hydrogen-bond donors (Lipinski definition) is 1. The number of hydrogen-bond acceptors (Lipinski definition) is 3. The van der Waals surface area contributed by atoms with E-state index in [0.717, 1.165) is 37.4 Å². The molecule has 84 valence electrons. The molecular formula is C12H21N3. The molecule has 0 amide bonds. The van der Waals surface area contributed by atoms with Crippen molar-refractivity contribution in [1.82, 2.24) is 9.97 Å². The fourth-order valence-corrected chi connectivity index (χ4v) is 1.63. The van der Waals surface area contributed by atoms with Crippen LogP contribution in [0.25, 0.3) is 0 Å². The lowest BCUT2D eigenvalue weighted by Crippen LogP contribution is -2.09. The van der Waals surface area contributed by atoms with E-state index in [1.54, 1.807) is 0 Å². The minimum absolute atomic E-state index is 0.909. The van der Waals surface area contributed by atoms with Crippen molar-refractivity contribution < 1.29 is 0 Å². The highest BCUT2D eigenvalue weighted by molar-refractivity contribution is 5.45. The minimum atomic E-state index is 0.909. The van der Waals surface area contributed by atoms with Gasteiger partial charge in [0.1, 0.15) is 11.6 Å². The molecule has 0 aliphatic carbocycles. The van der Waals surface area contributed by atoms with Crippen LogP contribution in [0, 0.1) is 6.92 Å². The largest absolute Gasteiger partial charge is 0.370 e. The van der Waals surface area contributed by atoms with E-state index in [-0.39, 0.29) is 0 Å². The molecule has 0 saturated carbocycles. The summed E-state index contributed by atoms with van der Waals surface area (Å²) in [7, 11) is 0. The molecule has 0 radical (unpaired) electrons. The molecule has 1 N–H and O–H groups in total. The first kappa shape index (κ1) is 12.0. The normalized spacial score (nSPS) is 10.4. The number of anilines is 1. The average Bonchev–Trinajstić information content (AvgIpc) is 2.23. The lowest BCUT2D eigenvalue weighted by molar-refractivity contribution is 0.807. The van der Waals surface area contributed by atoms with Gasteiger partial charge in [0.25, 0.3) is 0 Å². The van der Waals surface area contributed by atoms with Crippen molar-refractivity contribution >= 4 is 5.82 Å². The van der Waals surface area contributed by atoms with Gasteiger partial charge in [-0.05, 0) is 26.7 Å². The number of nitrogens with zero attached hydrogens (tertiary/aromatic N) is 2. The van der Waals surface area contributed by atoms with Crippen LogP contribution in [-0.2, 0) is 12.8 Å². The average molecular weight is 207 g/mol. The molecule has 1 aromatic rings.